The Kier molecular flexibility index (Phi) is 15.6. The topological polar surface area (TPSA) is 145 Å². The summed E-state index contributed by atoms with van der Waals surface area (Å²) in [5.74, 6) is -1.84. The van der Waals surface area contributed by atoms with Crippen LogP contribution < -0.4 is 10.2 Å². The smallest absolute Gasteiger partial charge is 0.550 e. The second-order valence-electron chi connectivity index (χ2n) is 13.5. The average molecular weight is 848 g/mol. The van der Waals surface area contributed by atoms with Crippen molar-refractivity contribution in [3.05, 3.63) is 193 Å². The first kappa shape index (κ1) is 44.5. The number of fused-ring (bicyclic) bond motifs is 1. The number of carbonyl (C=O) groups is 2. The van der Waals surface area contributed by atoms with Crippen LogP contribution in [0.2, 0.25) is 0 Å². The molecule has 0 atom stereocenters. The number of hydrogen-bond acceptors (Lipinski definition) is 8. The minimum Gasteiger partial charge on any atom is -0.550 e. The van der Waals surface area contributed by atoms with Crippen molar-refractivity contribution < 1.29 is 46.8 Å². The van der Waals surface area contributed by atoms with Gasteiger partial charge in [0.15, 0.2) is 0 Å². The molecule has 8 aromatic carbocycles. The van der Waals surface area contributed by atoms with Crippen LogP contribution in [0.3, 0.4) is 0 Å². The van der Waals surface area contributed by atoms with E-state index in [1.165, 1.54) is 0 Å². The van der Waals surface area contributed by atoms with E-state index >= 15 is 0 Å². The molecule has 2 N–H and O–H groups in total. The zero-order valence-corrected chi connectivity index (χ0v) is 34.3. The summed E-state index contributed by atoms with van der Waals surface area (Å²) in [6.45, 7) is 1.94. The SMILES string of the molecule is CC(=O)[O-].CC(=O)[O-].Oc1c(C=Nc2cccc3cccc(N=Cc4cc(-c5ccccc5)cc(-c5ccccc5)c4O)c23)cc(-c2ccccc2)cc1-c1ccccc1.[Co+2]. The van der Waals surface area contributed by atoms with E-state index in [1.807, 2.05) is 158 Å². The summed E-state index contributed by atoms with van der Waals surface area (Å²) < 4.78 is 0. The Balaban J connectivity index is 0.000000722. The molecule has 0 aliphatic rings. The van der Waals surface area contributed by atoms with Gasteiger partial charge in [0.05, 0.1) is 11.4 Å². The first-order valence-electron chi connectivity index (χ1n) is 19.0. The van der Waals surface area contributed by atoms with Crippen LogP contribution in [0, 0.1) is 0 Å². The van der Waals surface area contributed by atoms with Crippen LogP contribution in [-0.2, 0) is 26.4 Å². The monoisotopic (exact) mass is 847 g/mol. The third kappa shape index (κ3) is 11.8. The number of rotatable bonds is 8. The molecule has 0 aliphatic heterocycles. The maximum absolute atomic E-state index is 11.6. The number of aliphatic imine (C=N–C) groups is 2. The molecule has 0 heterocycles. The van der Waals surface area contributed by atoms with Gasteiger partial charge in [-0.2, -0.15) is 0 Å². The molecule has 1 radical (unpaired) electrons. The molecular formula is C52H40CoN2O6. The average Bonchev–Trinajstić information content (AvgIpc) is 3.26. The minimum atomic E-state index is -1.08. The number of aromatic hydroxyl groups is 2. The number of hydrogen-bond donors (Lipinski definition) is 2. The van der Waals surface area contributed by atoms with Gasteiger partial charge in [-0.1, -0.05) is 146 Å². The van der Waals surface area contributed by atoms with Crippen LogP contribution in [0.1, 0.15) is 25.0 Å². The van der Waals surface area contributed by atoms with Crippen molar-refractivity contribution in [1.82, 2.24) is 0 Å². The Morgan fingerprint density at radius 1 is 0.443 bits per heavy atom. The van der Waals surface area contributed by atoms with E-state index in [1.54, 1.807) is 12.4 Å². The van der Waals surface area contributed by atoms with Crippen molar-refractivity contribution in [2.24, 2.45) is 9.98 Å². The van der Waals surface area contributed by atoms with Gasteiger partial charge in [-0.25, -0.2) is 0 Å². The molecule has 0 spiro atoms. The van der Waals surface area contributed by atoms with Crippen LogP contribution in [0.25, 0.3) is 55.3 Å². The van der Waals surface area contributed by atoms with Crippen LogP contribution in [0.5, 0.6) is 11.5 Å². The van der Waals surface area contributed by atoms with Gasteiger partial charge in [0.2, 0.25) is 0 Å². The summed E-state index contributed by atoms with van der Waals surface area (Å²) in [5, 5.41) is 42.7. The molecule has 9 heteroatoms. The van der Waals surface area contributed by atoms with E-state index in [0.717, 1.165) is 69.1 Å². The predicted octanol–water partition coefficient (Wildman–Crippen LogP) is 9.93. The van der Waals surface area contributed by atoms with Crippen LogP contribution in [0.15, 0.2) is 192 Å². The molecule has 0 amide bonds. The Morgan fingerprint density at radius 3 is 1.08 bits per heavy atom. The van der Waals surface area contributed by atoms with Crippen LogP contribution in [0.4, 0.5) is 11.4 Å². The maximum Gasteiger partial charge on any atom is 2.00 e. The fourth-order valence-electron chi connectivity index (χ4n) is 6.58. The largest absolute Gasteiger partial charge is 2.00 e. The molecule has 0 bridgehead atoms. The minimum absolute atomic E-state index is 0. The van der Waals surface area contributed by atoms with Crippen molar-refractivity contribution in [2.45, 2.75) is 13.8 Å². The normalized spacial score (nSPS) is 10.6. The van der Waals surface area contributed by atoms with Gasteiger partial charge in [0.25, 0.3) is 0 Å². The first-order chi connectivity index (χ1) is 29.1. The summed E-state index contributed by atoms with van der Waals surface area (Å²) in [6.07, 6.45) is 3.45. The van der Waals surface area contributed by atoms with Gasteiger partial charge >= 0.3 is 16.8 Å². The maximum atomic E-state index is 11.6. The third-order valence-electron chi connectivity index (χ3n) is 9.21. The summed E-state index contributed by atoms with van der Waals surface area (Å²) in [7, 11) is 0. The quantitative estimate of drug-likeness (QED) is 0.146. The number of phenolic OH excluding ortho intramolecular Hbond substituents is 2. The number of aliphatic carboxylic acids is 2. The van der Waals surface area contributed by atoms with E-state index in [4.69, 9.17) is 29.8 Å². The van der Waals surface area contributed by atoms with E-state index in [-0.39, 0.29) is 28.3 Å². The zero-order chi connectivity index (χ0) is 42.4. The summed E-state index contributed by atoms with van der Waals surface area (Å²) in [5.41, 5.74) is 10.0. The summed E-state index contributed by atoms with van der Waals surface area (Å²) in [4.78, 5) is 27.7. The van der Waals surface area contributed by atoms with Crippen LogP contribution in [-0.4, -0.2) is 34.6 Å². The molecule has 61 heavy (non-hydrogen) atoms. The van der Waals surface area contributed by atoms with Crippen molar-refractivity contribution in [2.75, 3.05) is 0 Å². The molecule has 0 fully saturated rings. The van der Waals surface area contributed by atoms with Crippen LogP contribution >= 0.6 is 0 Å². The van der Waals surface area contributed by atoms with E-state index < -0.39 is 11.9 Å². The van der Waals surface area contributed by atoms with Crippen molar-refractivity contribution in [3.63, 3.8) is 0 Å². The second-order valence-corrected chi connectivity index (χ2v) is 13.5. The second kappa shape index (κ2) is 21.4. The molecule has 8 aromatic rings. The van der Waals surface area contributed by atoms with Gasteiger partial charge in [-0.05, 0) is 89.0 Å². The van der Waals surface area contributed by atoms with Crippen molar-refractivity contribution >= 4 is 46.5 Å². The van der Waals surface area contributed by atoms with Gasteiger partial charge in [0.1, 0.15) is 11.5 Å². The Bertz CT molecular complexity index is 2600. The molecule has 0 aromatic heterocycles. The van der Waals surface area contributed by atoms with E-state index in [0.29, 0.717) is 22.5 Å². The van der Waals surface area contributed by atoms with Gasteiger partial charge in [-0.3, -0.25) is 9.98 Å². The molecule has 8 rings (SSSR count). The van der Waals surface area contributed by atoms with Gasteiger partial charge in [0, 0.05) is 52.0 Å². The third-order valence-corrected chi connectivity index (χ3v) is 9.21. The van der Waals surface area contributed by atoms with Gasteiger partial charge < -0.3 is 30.0 Å². The fourth-order valence-corrected chi connectivity index (χ4v) is 6.58. The summed E-state index contributed by atoms with van der Waals surface area (Å²) in [6, 6.07) is 60.0. The van der Waals surface area contributed by atoms with E-state index in [2.05, 4.69) is 24.3 Å². The number of nitrogens with zero attached hydrogens (tertiary/aromatic N) is 2. The molecular weight excluding hydrogens is 808 g/mol. The number of carbonyl (C=O) groups excluding carboxylic acids is 2. The van der Waals surface area contributed by atoms with Crippen molar-refractivity contribution in [3.8, 4) is 56.0 Å². The number of phenols is 2. The predicted molar refractivity (Wildman–Crippen MR) is 238 cm³/mol. The number of benzene rings is 8. The summed E-state index contributed by atoms with van der Waals surface area (Å²) >= 11 is 0. The molecule has 0 aliphatic carbocycles. The molecule has 303 valence electrons. The fraction of sp³-hybridized carbons (Fsp3) is 0.0385. The standard InChI is InChI=1S/C48H34N2O2.2C2H4O2.Co/c51-47-40(27-38(33-15-5-1-6-16-33)29-42(47)35-19-9-3-10-20-35)31-49-44-25-13-23-37-24-14-26-45(46(37)44)50-32-41-28-39(34-17-7-2-8-18-34)30-43(48(41)52)36-21-11-4-12-22-36;2*1-2(3)4;/h1-32,51-52H;2*1H3,(H,3,4);/q;;;+2/p-2. The molecule has 0 saturated heterocycles. The molecule has 0 saturated carbocycles. The molecule has 8 nitrogen and oxygen atoms in total. The zero-order valence-electron chi connectivity index (χ0n) is 33.2. The van der Waals surface area contributed by atoms with Crippen molar-refractivity contribution in [1.29, 1.82) is 0 Å². The van der Waals surface area contributed by atoms with E-state index in [9.17, 15) is 10.2 Å². The Morgan fingerprint density at radius 2 is 0.754 bits per heavy atom. The molecule has 0 unspecified atom stereocenters. The number of carboxylic acids is 2. The Labute approximate surface area is 364 Å². The Hall–Kier alpha value is -7.59. The first-order valence-corrected chi connectivity index (χ1v) is 19.0. The van der Waals surface area contributed by atoms with Gasteiger partial charge in [-0.15, -0.1) is 0 Å². The number of carboxylic acid groups (broad SMARTS) is 2.